The molecule has 1 fully saturated rings. The first-order valence-corrected chi connectivity index (χ1v) is 10.7. The normalized spacial score (nSPS) is 19.4. The van der Waals surface area contributed by atoms with Crippen molar-refractivity contribution in [3.63, 3.8) is 0 Å². The highest BCUT2D eigenvalue weighted by molar-refractivity contribution is 9.10. The van der Waals surface area contributed by atoms with Gasteiger partial charge in [0.25, 0.3) is 0 Å². The van der Waals surface area contributed by atoms with Gasteiger partial charge in [0.15, 0.2) is 0 Å². The van der Waals surface area contributed by atoms with E-state index in [1.807, 2.05) is 13.8 Å². The third-order valence-electron chi connectivity index (χ3n) is 4.54. The van der Waals surface area contributed by atoms with Crippen LogP contribution >= 0.6 is 15.9 Å². The fourth-order valence-corrected chi connectivity index (χ4v) is 4.73. The van der Waals surface area contributed by atoms with E-state index in [0.717, 1.165) is 23.7 Å². The standard InChI is InChI=1S/C17H25BrN2O3S/c1-3-15(4-2)19-17(21)13-6-5-11-20(12-13)24(22,23)16-9-7-14(18)8-10-16/h7-10,13,15H,3-6,11-12H2,1-2H3,(H,19,21). The summed E-state index contributed by atoms with van der Waals surface area (Å²) in [5, 5.41) is 3.04. The van der Waals surface area contributed by atoms with Crippen LogP contribution in [0.3, 0.4) is 0 Å². The van der Waals surface area contributed by atoms with Crippen molar-refractivity contribution in [3.05, 3.63) is 28.7 Å². The number of amides is 1. The Hall–Kier alpha value is -0.920. The lowest BCUT2D eigenvalue weighted by Gasteiger charge is -2.32. The van der Waals surface area contributed by atoms with Gasteiger partial charge in [-0.2, -0.15) is 4.31 Å². The van der Waals surface area contributed by atoms with Gasteiger partial charge in [0.2, 0.25) is 15.9 Å². The summed E-state index contributed by atoms with van der Waals surface area (Å²) in [6.45, 7) is 4.80. The highest BCUT2D eigenvalue weighted by Crippen LogP contribution is 2.25. The van der Waals surface area contributed by atoms with E-state index in [0.29, 0.717) is 13.0 Å². The molecule has 1 amide bonds. The Bertz CT molecular complexity index is 657. The second kappa shape index (κ2) is 8.45. The van der Waals surface area contributed by atoms with Crippen molar-refractivity contribution in [1.29, 1.82) is 0 Å². The van der Waals surface area contributed by atoms with Crippen LogP contribution in [-0.2, 0) is 14.8 Å². The van der Waals surface area contributed by atoms with E-state index in [9.17, 15) is 13.2 Å². The van der Waals surface area contributed by atoms with Crippen LogP contribution in [0.25, 0.3) is 0 Å². The third-order valence-corrected chi connectivity index (χ3v) is 6.95. The average Bonchev–Trinajstić information content (AvgIpc) is 2.60. The first-order valence-electron chi connectivity index (χ1n) is 8.44. The lowest BCUT2D eigenvalue weighted by molar-refractivity contribution is -0.126. The van der Waals surface area contributed by atoms with Crippen LogP contribution in [0.15, 0.2) is 33.6 Å². The molecule has 134 valence electrons. The SMILES string of the molecule is CCC(CC)NC(=O)C1CCCN(S(=O)(=O)c2ccc(Br)cc2)C1. The van der Waals surface area contributed by atoms with E-state index in [-0.39, 0.29) is 29.3 Å². The highest BCUT2D eigenvalue weighted by Gasteiger charge is 2.33. The summed E-state index contributed by atoms with van der Waals surface area (Å²) in [5.41, 5.74) is 0. The summed E-state index contributed by atoms with van der Waals surface area (Å²) in [7, 11) is -3.55. The van der Waals surface area contributed by atoms with E-state index in [4.69, 9.17) is 0 Å². The molecule has 0 radical (unpaired) electrons. The summed E-state index contributed by atoms with van der Waals surface area (Å²) in [6, 6.07) is 6.78. The first kappa shape index (κ1) is 19.4. The van der Waals surface area contributed by atoms with Crippen LogP contribution < -0.4 is 5.32 Å². The van der Waals surface area contributed by atoms with Crippen molar-refractivity contribution >= 4 is 31.9 Å². The molecule has 1 heterocycles. The van der Waals surface area contributed by atoms with Crippen molar-refractivity contribution in [3.8, 4) is 0 Å². The van der Waals surface area contributed by atoms with E-state index in [2.05, 4.69) is 21.2 Å². The summed E-state index contributed by atoms with van der Waals surface area (Å²) in [5.74, 6) is -0.302. The minimum Gasteiger partial charge on any atom is -0.353 e. The minimum atomic E-state index is -3.55. The number of rotatable bonds is 6. The molecule has 0 aromatic heterocycles. The number of hydrogen-bond donors (Lipinski definition) is 1. The molecule has 7 heteroatoms. The van der Waals surface area contributed by atoms with Gasteiger partial charge in [0.05, 0.1) is 10.8 Å². The largest absolute Gasteiger partial charge is 0.353 e. The molecule has 1 N–H and O–H groups in total. The number of halogens is 1. The number of sulfonamides is 1. The van der Waals surface area contributed by atoms with Crippen molar-refractivity contribution in [2.75, 3.05) is 13.1 Å². The summed E-state index contributed by atoms with van der Waals surface area (Å²) < 4.78 is 27.8. The summed E-state index contributed by atoms with van der Waals surface area (Å²) in [6.07, 6.45) is 3.21. The molecule has 1 aliphatic heterocycles. The molecular formula is C17H25BrN2O3S. The summed E-state index contributed by atoms with van der Waals surface area (Å²) >= 11 is 3.31. The molecule has 5 nitrogen and oxygen atoms in total. The van der Waals surface area contributed by atoms with Gasteiger partial charge in [-0.15, -0.1) is 0 Å². The van der Waals surface area contributed by atoms with Crippen molar-refractivity contribution in [2.24, 2.45) is 5.92 Å². The Morgan fingerprint density at radius 1 is 1.29 bits per heavy atom. The first-order chi connectivity index (χ1) is 11.4. The molecular weight excluding hydrogens is 392 g/mol. The molecule has 24 heavy (non-hydrogen) atoms. The number of nitrogens with zero attached hydrogens (tertiary/aromatic N) is 1. The quantitative estimate of drug-likeness (QED) is 0.774. The smallest absolute Gasteiger partial charge is 0.243 e. The van der Waals surface area contributed by atoms with Crippen LogP contribution in [0.2, 0.25) is 0 Å². The van der Waals surface area contributed by atoms with Gasteiger partial charge in [0.1, 0.15) is 0 Å². The Morgan fingerprint density at radius 3 is 2.50 bits per heavy atom. The van der Waals surface area contributed by atoms with E-state index in [1.165, 1.54) is 4.31 Å². The monoisotopic (exact) mass is 416 g/mol. The van der Waals surface area contributed by atoms with Crippen molar-refractivity contribution in [2.45, 2.75) is 50.5 Å². The van der Waals surface area contributed by atoms with Gasteiger partial charge in [0, 0.05) is 23.6 Å². The Labute approximate surface area is 153 Å². The zero-order valence-corrected chi connectivity index (χ0v) is 16.6. The molecule has 0 saturated carbocycles. The number of benzene rings is 1. The lowest BCUT2D eigenvalue weighted by Crippen LogP contribution is -2.47. The maximum Gasteiger partial charge on any atom is 0.243 e. The van der Waals surface area contributed by atoms with Crippen LogP contribution in [0.4, 0.5) is 0 Å². The second-order valence-corrected chi connectivity index (χ2v) is 9.03. The lowest BCUT2D eigenvalue weighted by atomic mass is 9.98. The van der Waals surface area contributed by atoms with E-state index >= 15 is 0 Å². The zero-order valence-electron chi connectivity index (χ0n) is 14.2. The Morgan fingerprint density at radius 2 is 1.92 bits per heavy atom. The van der Waals surface area contributed by atoms with E-state index in [1.54, 1.807) is 24.3 Å². The molecule has 1 unspecified atom stereocenters. The second-order valence-electron chi connectivity index (χ2n) is 6.18. The summed E-state index contributed by atoms with van der Waals surface area (Å²) in [4.78, 5) is 12.7. The predicted octanol–water partition coefficient (Wildman–Crippen LogP) is 3.15. The van der Waals surface area contributed by atoms with Crippen LogP contribution in [0.5, 0.6) is 0 Å². The van der Waals surface area contributed by atoms with Gasteiger partial charge < -0.3 is 5.32 Å². The van der Waals surface area contributed by atoms with Crippen LogP contribution in [0, 0.1) is 5.92 Å². The molecule has 1 aromatic rings. The molecule has 0 spiro atoms. The number of carbonyl (C=O) groups is 1. The van der Waals surface area contributed by atoms with Gasteiger partial charge in [-0.05, 0) is 49.9 Å². The van der Waals surface area contributed by atoms with Gasteiger partial charge in [-0.3, -0.25) is 4.79 Å². The average molecular weight is 417 g/mol. The highest BCUT2D eigenvalue weighted by atomic mass is 79.9. The Kier molecular flexibility index (Phi) is 6.83. The van der Waals surface area contributed by atoms with Crippen LogP contribution in [0.1, 0.15) is 39.5 Å². The number of hydrogen-bond acceptors (Lipinski definition) is 3. The minimum absolute atomic E-state index is 0.0283. The molecule has 1 atom stereocenters. The fourth-order valence-electron chi connectivity index (χ4n) is 2.94. The molecule has 0 aliphatic carbocycles. The van der Waals surface area contributed by atoms with E-state index < -0.39 is 10.0 Å². The van der Waals surface area contributed by atoms with Gasteiger partial charge >= 0.3 is 0 Å². The van der Waals surface area contributed by atoms with Crippen molar-refractivity contribution in [1.82, 2.24) is 9.62 Å². The maximum atomic E-state index is 12.8. The fraction of sp³-hybridized carbons (Fsp3) is 0.588. The molecule has 2 rings (SSSR count). The van der Waals surface area contributed by atoms with Crippen LogP contribution in [-0.4, -0.2) is 37.8 Å². The molecule has 1 aliphatic rings. The molecule has 0 bridgehead atoms. The maximum absolute atomic E-state index is 12.8. The number of piperidine rings is 1. The molecule has 1 saturated heterocycles. The molecule has 1 aromatic carbocycles. The zero-order chi connectivity index (χ0) is 17.7. The number of carbonyl (C=O) groups excluding carboxylic acids is 1. The van der Waals surface area contributed by atoms with Crippen molar-refractivity contribution < 1.29 is 13.2 Å². The number of nitrogens with one attached hydrogen (secondary N) is 1. The van der Waals surface area contributed by atoms with Gasteiger partial charge in [-0.25, -0.2) is 8.42 Å². The van der Waals surface area contributed by atoms with Gasteiger partial charge in [-0.1, -0.05) is 29.8 Å². The Balaban J connectivity index is 2.09. The topological polar surface area (TPSA) is 66.5 Å². The third kappa shape index (κ3) is 4.58. The predicted molar refractivity (Wildman–Crippen MR) is 98.1 cm³/mol.